The van der Waals surface area contributed by atoms with E-state index in [0.717, 1.165) is 12.0 Å². The first-order valence-corrected chi connectivity index (χ1v) is 7.54. The van der Waals surface area contributed by atoms with Crippen LogP contribution >= 0.6 is 0 Å². The SMILES string of the molecule is CCCO[C@@H](C)C(=O)OC1(O)C=CC(c2ccccc2)C=C1. The van der Waals surface area contributed by atoms with Crippen molar-refractivity contribution in [2.75, 3.05) is 6.61 Å². The fourth-order valence-electron chi connectivity index (χ4n) is 2.18. The molecule has 0 unspecified atom stereocenters. The third-order valence-corrected chi connectivity index (χ3v) is 3.44. The minimum Gasteiger partial charge on any atom is -0.424 e. The molecule has 1 aliphatic rings. The number of benzene rings is 1. The van der Waals surface area contributed by atoms with E-state index >= 15 is 0 Å². The first kappa shape index (κ1) is 16.5. The van der Waals surface area contributed by atoms with Gasteiger partial charge in [0.2, 0.25) is 0 Å². The van der Waals surface area contributed by atoms with Crippen molar-refractivity contribution >= 4 is 5.97 Å². The molecule has 1 aromatic carbocycles. The van der Waals surface area contributed by atoms with E-state index in [1.165, 1.54) is 12.2 Å². The van der Waals surface area contributed by atoms with Gasteiger partial charge in [-0.15, -0.1) is 0 Å². The Labute approximate surface area is 131 Å². The lowest BCUT2D eigenvalue weighted by Crippen LogP contribution is -2.36. The molecule has 0 heterocycles. The number of aliphatic hydroxyl groups is 1. The molecule has 0 bridgehead atoms. The summed E-state index contributed by atoms with van der Waals surface area (Å²) in [5.74, 6) is -2.22. The van der Waals surface area contributed by atoms with Gasteiger partial charge in [0.25, 0.3) is 5.79 Å². The Bertz CT molecular complexity index is 533. The van der Waals surface area contributed by atoms with E-state index in [9.17, 15) is 9.90 Å². The molecule has 22 heavy (non-hydrogen) atoms. The highest BCUT2D eigenvalue weighted by Crippen LogP contribution is 2.27. The van der Waals surface area contributed by atoms with Crippen LogP contribution in [0.2, 0.25) is 0 Å². The van der Waals surface area contributed by atoms with Gasteiger partial charge >= 0.3 is 5.97 Å². The van der Waals surface area contributed by atoms with E-state index in [1.807, 2.05) is 49.4 Å². The molecule has 0 radical (unpaired) electrons. The van der Waals surface area contributed by atoms with Crippen molar-refractivity contribution in [1.29, 1.82) is 0 Å². The van der Waals surface area contributed by atoms with E-state index in [4.69, 9.17) is 9.47 Å². The van der Waals surface area contributed by atoms with Gasteiger partial charge in [-0.3, -0.25) is 0 Å². The van der Waals surface area contributed by atoms with Crippen LogP contribution in [0.15, 0.2) is 54.6 Å². The van der Waals surface area contributed by atoms with Gasteiger partial charge in [-0.05, 0) is 31.1 Å². The second-order valence-corrected chi connectivity index (χ2v) is 5.34. The zero-order chi connectivity index (χ0) is 16.0. The van der Waals surface area contributed by atoms with Crippen LogP contribution in [-0.4, -0.2) is 29.6 Å². The third-order valence-electron chi connectivity index (χ3n) is 3.44. The summed E-state index contributed by atoms with van der Waals surface area (Å²) in [7, 11) is 0. The number of hydrogen-bond donors (Lipinski definition) is 1. The lowest BCUT2D eigenvalue weighted by molar-refractivity contribution is -0.188. The highest BCUT2D eigenvalue weighted by atomic mass is 16.7. The third kappa shape index (κ3) is 4.29. The lowest BCUT2D eigenvalue weighted by Gasteiger charge is -2.26. The summed E-state index contributed by atoms with van der Waals surface area (Å²) in [6, 6.07) is 9.90. The average molecular weight is 302 g/mol. The van der Waals surface area contributed by atoms with Crippen molar-refractivity contribution in [2.24, 2.45) is 0 Å². The van der Waals surface area contributed by atoms with Gasteiger partial charge in [-0.1, -0.05) is 49.4 Å². The van der Waals surface area contributed by atoms with Gasteiger partial charge in [0, 0.05) is 12.5 Å². The molecule has 0 saturated heterocycles. The zero-order valence-electron chi connectivity index (χ0n) is 12.9. The summed E-state index contributed by atoms with van der Waals surface area (Å²) < 4.78 is 10.4. The molecule has 0 spiro atoms. The molecule has 1 N–H and O–H groups in total. The van der Waals surface area contributed by atoms with Crippen LogP contribution in [0.1, 0.15) is 31.7 Å². The summed E-state index contributed by atoms with van der Waals surface area (Å²) >= 11 is 0. The molecule has 1 atom stereocenters. The van der Waals surface area contributed by atoms with Crippen LogP contribution in [0.25, 0.3) is 0 Å². The Hall–Kier alpha value is -1.91. The maximum atomic E-state index is 11.9. The van der Waals surface area contributed by atoms with Crippen molar-refractivity contribution in [1.82, 2.24) is 0 Å². The molecule has 118 valence electrons. The van der Waals surface area contributed by atoms with Crippen molar-refractivity contribution in [3.8, 4) is 0 Å². The Morgan fingerprint density at radius 3 is 2.50 bits per heavy atom. The van der Waals surface area contributed by atoms with Crippen LogP contribution in [0.5, 0.6) is 0 Å². The van der Waals surface area contributed by atoms with Crippen molar-refractivity contribution < 1.29 is 19.4 Å². The maximum absolute atomic E-state index is 11.9. The lowest BCUT2D eigenvalue weighted by atomic mass is 9.93. The van der Waals surface area contributed by atoms with Gasteiger partial charge < -0.3 is 14.6 Å². The monoisotopic (exact) mass is 302 g/mol. The number of esters is 1. The van der Waals surface area contributed by atoms with Crippen LogP contribution in [0.4, 0.5) is 0 Å². The van der Waals surface area contributed by atoms with Crippen LogP contribution in [-0.2, 0) is 14.3 Å². The van der Waals surface area contributed by atoms with E-state index in [-0.39, 0.29) is 5.92 Å². The van der Waals surface area contributed by atoms with Crippen molar-refractivity contribution in [3.63, 3.8) is 0 Å². The van der Waals surface area contributed by atoms with Gasteiger partial charge in [0.05, 0.1) is 0 Å². The van der Waals surface area contributed by atoms with Gasteiger partial charge in [-0.25, -0.2) is 4.79 Å². The summed E-state index contributed by atoms with van der Waals surface area (Å²) in [4.78, 5) is 11.9. The molecule has 2 rings (SSSR count). The highest BCUT2D eigenvalue weighted by molar-refractivity contribution is 5.75. The van der Waals surface area contributed by atoms with E-state index < -0.39 is 17.9 Å². The second kappa shape index (κ2) is 7.38. The quantitative estimate of drug-likeness (QED) is 0.499. The number of rotatable bonds is 6. The second-order valence-electron chi connectivity index (χ2n) is 5.34. The summed E-state index contributed by atoms with van der Waals surface area (Å²) in [6.07, 6.45) is 6.75. The maximum Gasteiger partial charge on any atom is 0.337 e. The molecule has 1 aromatic rings. The first-order valence-electron chi connectivity index (χ1n) is 7.54. The molecule has 0 aliphatic heterocycles. The Morgan fingerprint density at radius 1 is 1.27 bits per heavy atom. The first-order chi connectivity index (χ1) is 10.5. The minimum atomic E-state index is -1.70. The van der Waals surface area contributed by atoms with Gasteiger partial charge in [0.1, 0.15) is 0 Å². The highest BCUT2D eigenvalue weighted by Gasteiger charge is 2.30. The van der Waals surface area contributed by atoms with Gasteiger partial charge in [0.15, 0.2) is 6.10 Å². The Kier molecular flexibility index (Phi) is 5.52. The fraction of sp³-hybridized carbons (Fsp3) is 0.389. The van der Waals surface area contributed by atoms with E-state index in [1.54, 1.807) is 6.92 Å². The predicted molar refractivity (Wildman–Crippen MR) is 84.2 cm³/mol. The number of carbonyl (C=O) groups is 1. The number of ether oxygens (including phenoxy) is 2. The van der Waals surface area contributed by atoms with Crippen molar-refractivity contribution in [3.05, 3.63) is 60.2 Å². The topological polar surface area (TPSA) is 55.8 Å². The summed E-state index contributed by atoms with van der Waals surface area (Å²) in [5, 5.41) is 10.3. The van der Waals surface area contributed by atoms with Crippen molar-refractivity contribution in [2.45, 2.75) is 38.1 Å². The zero-order valence-corrected chi connectivity index (χ0v) is 12.9. The molecule has 1 aliphatic carbocycles. The van der Waals surface area contributed by atoms with Gasteiger partial charge in [-0.2, -0.15) is 0 Å². The average Bonchev–Trinajstić information content (AvgIpc) is 2.53. The number of carbonyl (C=O) groups excluding carboxylic acids is 1. The normalized spacial score (nSPS) is 25.0. The largest absolute Gasteiger partial charge is 0.424 e. The molecule has 0 amide bonds. The number of hydrogen-bond acceptors (Lipinski definition) is 4. The summed E-state index contributed by atoms with van der Waals surface area (Å²) in [5.41, 5.74) is 1.11. The molecular weight excluding hydrogens is 280 g/mol. The van der Waals surface area contributed by atoms with Crippen LogP contribution < -0.4 is 0 Å². The molecule has 4 heteroatoms. The molecule has 0 aromatic heterocycles. The molecule has 4 nitrogen and oxygen atoms in total. The summed E-state index contributed by atoms with van der Waals surface area (Å²) in [6.45, 7) is 4.06. The molecule has 0 fully saturated rings. The molecular formula is C18H22O4. The van der Waals surface area contributed by atoms with Crippen LogP contribution in [0, 0.1) is 0 Å². The minimum absolute atomic E-state index is 0.0638. The number of allylic oxidation sites excluding steroid dienone is 2. The van der Waals surface area contributed by atoms with Crippen LogP contribution in [0.3, 0.4) is 0 Å². The molecule has 0 saturated carbocycles. The Balaban J connectivity index is 1.96. The smallest absolute Gasteiger partial charge is 0.337 e. The van der Waals surface area contributed by atoms with E-state index in [0.29, 0.717) is 6.61 Å². The predicted octanol–water partition coefficient (Wildman–Crippen LogP) is 2.94. The standard InChI is InChI=1S/C18H22O4/c1-3-13-21-14(2)17(19)22-18(20)11-9-16(10-12-18)15-7-5-4-6-8-15/h4-12,14,16,20H,3,13H2,1-2H3/t14-,16?,18?/m0/s1. The van der Waals surface area contributed by atoms with E-state index in [2.05, 4.69) is 0 Å². The fourth-order valence-corrected chi connectivity index (χ4v) is 2.18. The Morgan fingerprint density at radius 2 is 1.91 bits per heavy atom.